The number of thiazole rings is 1. The number of hydrazone groups is 1. The fourth-order valence-electron chi connectivity index (χ4n) is 3.11. The third kappa shape index (κ3) is 4.50. The van der Waals surface area contributed by atoms with E-state index in [-0.39, 0.29) is 6.61 Å². The van der Waals surface area contributed by atoms with Crippen LogP contribution in [-0.4, -0.2) is 21.4 Å². The summed E-state index contributed by atoms with van der Waals surface area (Å²) in [5.74, 6) is 1.62. The molecule has 2 heterocycles. The normalized spacial score (nSPS) is 11.3. The number of ether oxygens (including phenoxy) is 1. The summed E-state index contributed by atoms with van der Waals surface area (Å²) in [5.41, 5.74) is 6.89. The molecule has 8 heteroatoms. The van der Waals surface area contributed by atoms with Crippen LogP contribution in [0.2, 0.25) is 0 Å². The first-order valence-corrected chi connectivity index (χ1v) is 10.8. The Morgan fingerprint density at radius 3 is 2.66 bits per heavy atom. The minimum absolute atomic E-state index is 0.200. The fourth-order valence-corrected chi connectivity index (χ4v) is 3.93. The summed E-state index contributed by atoms with van der Waals surface area (Å²) in [6, 6.07) is 23.5. The van der Waals surface area contributed by atoms with Crippen molar-refractivity contribution >= 4 is 32.9 Å². The Kier molecular flexibility index (Phi) is 5.59. The Labute approximate surface area is 188 Å². The molecule has 0 bridgehead atoms. The molecule has 0 aliphatic rings. The van der Waals surface area contributed by atoms with Crippen LogP contribution in [0.3, 0.4) is 0 Å². The number of hydrogen-bond acceptors (Lipinski definition) is 8. The van der Waals surface area contributed by atoms with Gasteiger partial charge in [0.05, 0.1) is 16.4 Å². The largest absolute Gasteiger partial charge is 0.484 e. The smallest absolute Gasteiger partial charge is 0.254 e. The summed E-state index contributed by atoms with van der Waals surface area (Å²) in [5, 5.41) is 13.2. The van der Waals surface area contributed by atoms with Gasteiger partial charge in [-0.2, -0.15) is 5.10 Å². The molecule has 2 aromatic heterocycles. The lowest BCUT2D eigenvalue weighted by atomic mass is 10.1. The van der Waals surface area contributed by atoms with Crippen LogP contribution in [0.1, 0.15) is 17.0 Å². The van der Waals surface area contributed by atoms with Crippen LogP contribution in [0.25, 0.3) is 21.7 Å². The number of hydrogen-bond donors (Lipinski definition) is 1. The molecular formula is C24H19N5O2S. The number of para-hydroxylation sites is 1. The zero-order chi connectivity index (χ0) is 21.8. The summed E-state index contributed by atoms with van der Waals surface area (Å²) in [6.45, 7) is 2.21. The van der Waals surface area contributed by atoms with E-state index in [4.69, 9.17) is 9.15 Å². The molecule has 0 aliphatic heterocycles. The summed E-state index contributed by atoms with van der Waals surface area (Å²) in [4.78, 5) is 4.49. The van der Waals surface area contributed by atoms with Crippen LogP contribution in [0, 0.1) is 6.92 Å². The highest BCUT2D eigenvalue weighted by Crippen LogP contribution is 2.25. The van der Waals surface area contributed by atoms with Crippen molar-refractivity contribution in [2.24, 2.45) is 5.10 Å². The van der Waals surface area contributed by atoms with Gasteiger partial charge in [-0.15, -0.1) is 10.2 Å². The van der Waals surface area contributed by atoms with Crippen LogP contribution < -0.4 is 10.2 Å². The van der Waals surface area contributed by atoms with E-state index in [0.717, 1.165) is 32.0 Å². The number of aryl methyl sites for hydroxylation is 1. The van der Waals surface area contributed by atoms with E-state index in [9.17, 15) is 0 Å². The van der Waals surface area contributed by atoms with E-state index in [1.165, 1.54) is 0 Å². The van der Waals surface area contributed by atoms with Crippen molar-refractivity contribution < 1.29 is 9.15 Å². The van der Waals surface area contributed by atoms with Crippen molar-refractivity contribution in [2.75, 3.05) is 5.43 Å². The van der Waals surface area contributed by atoms with E-state index in [1.807, 2.05) is 79.7 Å². The van der Waals surface area contributed by atoms with Crippen molar-refractivity contribution in [3.05, 3.63) is 89.8 Å². The lowest BCUT2D eigenvalue weighted by Gasteiger charge is -2.03. The third-order valence-electron chi connectivity index (χ3n) is 4.75. The second-order valence-electron chi connectivity index (χ2n) is 7.03. The summed E-state index contributed by atoms with van der Waals surface area (Å²) in [6.07, 6.45) is 1.74. The standard InChI is InChI=1S/C24H19N5O2S/c1-16-6-2-3-7-19(16)23-28-27-22(31-23)15-30-18-12-10-17(11-13-18)14-25-29-24-26-20-8-4-5-9-21(20)32-24/h2-14H,15H2,1H3,(H,26,29)/b25-14+. The number of aromatic nitrogens is 3. The van der Waals surface area contributed by atoms with Gasteiger partial charge in [-0.3, -0.25) is 5.43 Å². The van der Waals surface area contributed by atoms with Gasteiger partial charge < -0.3 is 9.15 Å². The molecule has 0 aliphatic carbocycles. The van der Waals surface area contributed by atoms with Crippen molar-refractivity contribution in [1.29, 1.82) is 0 Å². The van der Waals surface area contributed by atoms with Gasteiger partial charge in [0.1, 0.15) is 5.75 Å². The van der Waals surface area contributed by atoms with E-state index < -0.39 is 0 Å². The predicted molar refractivity (Wildman–Crippen MR) is 126 cm³/mol. The number of nitrogens with zero attached hydrogens (tertiary/aromatic N) is 4. The molecule has 0 spiro atoms. The minimum Gasteiger partial charge on any atom is -0.484 e. The number of nitrogens with one attached hydrogen (secondary N) is 1. The van der Waals surface area contributed by atoms with Crippen molar-refractivity contribution in [2.45, 2.75) is 13.5 Å². The van der Waals surface area contributed by atoms with Gasteiger partial charge in [0.2, 0.25) is 11.0 Å². The SMILES string of the molecule is Cc1ccccc1-c1nnc(COc2ccc(/C=N/Nc3nc4ccccc4s3)cc2)o1. The molecule has 0 saturated heterocycles. The Bertz CT molecular complexity index is 1340. The average molecular weight is 442 g/mol. The molecule has 7 nitrogen and oxygen atoms in total. The highest BCUT2D eigenvalue weighted by Gasteiger charge is 2.11. The van der Waals surface area contributed by atoms with Crippen LogP contribution in [0.5, 0.6) is 5.75 Å². The van der Waals surface area contributed by atoms with Crippen molar-refractivity contribution in [1.82, 2.24) is 15.2 Å². The summed E-state index contributed by atoms with van der Waals surface area (Å²) >= 11 is 1.56. The number of anilines is 1. The van der Waals surface area contributed by atoms with Crippen molar-refractivity contribution in [3.8, 4) is 17.2 Å². The Morgan fingerprint density at radius 2 is 1.81 bits per heavy atom. The lowest BCUT2D eigenvalue weighted by molar-refractivity contribution is 0.264. The number of rotatable bonds is 7. The predicted octanol–water partition coefficient (Wildman–Crippen LogP) is 5.68. The monoisotopic (exact) mass is 441 g/mol. The number of benzene rings is 3. The summed E-state index contributed by atoms with van der Waals surface area (Å²) in [7, 11) is 0. The molecule has 5 rings (SSSR count). The maximum absolute atomic E-state index is 5.77. The average Bonchev–Trinajstić information content (AvgIpc) is 3.45. The van der Waals surface area contributed by atoms with Gasteiger partial charge in [0, 0.05) is 5.56 Å². The molecule has 0 atom stereocenters. The first-order chi connectivity index (χ1) is 15.7. The van der Waals surface area contributed by atoms with E-state index in [1.54, 1.807) is 17.6 Å². The highest BCUT2D eigenvalue weighted by molar-refractivity contribution is 7.22. The van der Waals surface area contributed by atoms with Gasteiger partial charge in [-0.05, 0) is 60.5 Å². The molecule has 32 heavy (non-hydrogen) atoms. The maximum Gasteiger partial charge on any atom is 0.254 e. The van der Waals surface area contributed by atoms with Crippen LogP contribution in [-0.2, 0) is 6.61 Å². The molecule has 5 aromatic rings. The zero-order valence-electron chi connectivity index (χ0n) is 17.2. The summed E-state index contributed by atoms with van der Waals surface area (Å²) < 4.78 is 12.6. The molecule has 1 N–H and O–H groups in total. The Hall–Kier alpha value is -4.04. The van der Waals surface area contributed by atoms with Gasteiger partial charge >= 0.3 is 0 Å². The quantitative estimate of drug-likeness (QED) is 0.258. The lowest BCUT2D eigenvalue weighted by Crippen LogP contribution is -1.96. The fraction of sp³-hybridized carbons (Fsp3) is 0.0833. The first kappa shape index (κ1) is 19.9. The van der Waals surface area contributed by atoms with Gasteiger partial charge in [-0.1, -0.05) is 41.7 Å². The molecule has 158 valence electrons. The highest BCUT2D eigenvalue weighted by atomic mass is 32.1. The van der Waals surface area contributed by atoms with E-state index >= 15 is 0 Å². The second-order valence-corrected chi connectivity index (χ2v) is 8.06. The molecule has 0 saturated carbocycles. The van der Waals surface area contributed by atoms with Crippen LogP contribution in [0.4, 0.5) is 5.13 Å². The molecular weight excluding hydrogens is 422 g/mol. The first-order valence-electron chi connectivity index (χ1n) is 10.0. The van der Waals surface area contributed by atoms with Gasteiger partial charge in [0.15, 0.2) is 6.61 Å². The molecule has 0 radical (unpaired) electrons. The second kappa shape index (κ2) is 8.99. The van der Waals surface area contributed by atoms with E-state index in [2.05, 4.69) is 25.7 Å². The Balaban J connectivity index is 1.16. The van der Waals surface area contributed by atoms with Crippen LogP contribution in [0.15, 0.2) is 82.3 Å². The molecule has 0 amide bonds. The van der Waals surface area contributed by atoms with Gasteiger partial charge in [0.25, 0.3) is 5.89 Å². The Morgan fingerprint density at radius 1 is 1.00 bits per heavy atom. The van der Waals surface area contributed by atoms with Crippen LogP contribution >= 0.6 is 11.3 Å². The maximum atomic E-state index is 5.77. The topological polar surface area (TPSA) is 85.4 Å². The van der Waals surface area contributed by atoms with Crippen molar-refractivity contribution in [3.63, 3.8) is 0 Å². The molecule has 3 aromatic carbocycles. The van der Waals surface area contributed by atoms with Gasteiger partial charge in [-0.25, -0.2) is 4.98 Å². The molecule has 0 fully saturated rings. The number of fused-ring (bicyclic) bond motifs is 1. The third-order valence-corrected chi connectivity index (χ3v) is 5.69. The zero-order valence-corrected chi connectivity index (χ0v) is 18.0. The minimum atomic E-state index is 0.200. The molecule has 0 unspecified atom stereocenters. The van der Waals surface area contributed by atoms with E-state index in [0.29, 0.717) is 17.5 Å².